The molecule has 2 rings (SSSR count). The molecule has 0 spiro atoms. The van der Waals surface area contributed by atoms with Gasteiger partial charge < -0.3 is 15.5 Å². The van der Waals surface area contributed by atoms with E-state index in [1.165, 1.54) is 11.1 Å². The molecule has 2 N–H and O–H groups in total. The predicted octanol–water partition coefficient (Wildman–Crippen LogP) is 4.01. The zero-order valence-electron chi connectivity index (χ0n) is 18.5. The maximum absolute atomic E-state index is 12.0. The summed E-state index contributed by atoms with van der Waals surface area (Å²) in [4.78, 5) is 17.9. The van der Waals surface area contributed by atoms with Gasteiger partial charge in [-0.05, 0) is 48.1 Å². The maximum atomic E-state index is 12.0. The Hall–Kier alpha value is -2.82. The summed E-state index contributed by atoms with van der Waals surface area (Å²) in [6, 6.07) is 16.6. The van der Waals surface area contributed by atoms with Crippen LogP contribution in [0.2, 0.25) is 0 Å². The van der Waals surface area contributed by atoms with Crippen molar-refractivity contribution in [1.29, 1.82) is 0 Å². The number of hydrogen-bond acceptors (Lipinski definition) is 2. The Labute approximate surface area is 175 Å². The minimum absolute atomic E-state index is 0.00947. The topological polar surface area (TPSA) is 56.7 Å². The second-order valence-corrected chi connectivity index (χ2v) is 8.03. The zero-order valence-corrected chi connectivity index (χ0v) is 18.5. The van der Waals surface area contributed by atoms with Crippen LogP contribution in [0.5, 0.6) is 0 Å². The second-order valence-electron chi connectivity index (χ2n) is 8.03. The number of carbonyl (C=O) groups excluding carboxylic acids is 1. The molecule has 1 amide bonds. The zero-order chi connectivity index (χ0) is 21.4. The van der Waals surface area contributed by atoms with E-state index in [1.807, 2.05) is 24.3 Å². The van der Waals surface area contributed by atoms with Crippen LogP contribution in [0.15, 0.2) is 53.5 Å². The first-order valence-electron chi connectivity index (χ1n) is 10.2. The average Bonchev–Trinajstić information content (AvgIpc) is 2.70. The number of amides is 1. The molecule has 5 heteroatoms. The van der Waals surface area contributed by atoms with Crippen LogP contribution >= 0.6 is 0 Å². The highest BCUT2D eigenvalue weighted by molar-refractivity contribution is 5.93. The SMILES string of the molecule is CN=C(NCc1ccc(C(=O)N(C)C)cc1)NC(C)c1ccc(CC(C)C)cc1. The van der Waals surface area contributed by atoms with E-state index in [0.29, 0.717) is 18.0 Å². The largest absolute Gasteiger partial charge is 0.352 e. The molecule has 2 aromatic carbocycles. The summed E-state index contributed by atoms with van der Waals surface area (Å²) < 4.78 is 0. The fourth-order valence-corrected chi connectivity index (χ4v) is 3.11. The Morgan fingerprint density at radius 2 is 1.55 bits per heavy atom. The molecule has 29 heavy (non-hydrogen) atoms. The average molecular weight is 395 g/mol. The lowest BCUT2D eigenvalue weighted by atomic mass is 10.00. The third-order valence-corrected chi connectivity index (χ3v) is 4.77. The summed E-state index contributed by atoms with van der Waals surface area (Å²) in [5, 5.41) is 6.77. The molecule has 0 aliphatic rings. The van der Waals surface area contributed by atoms with E-state index in [-0.39, 0.29) is 11.9 Å². The maximum Gasteiger partial charge on any atom is 0.253 e. The van der Waals surface area contributed by atoms with E-state index < -0.39 is 0 Å². The molecule has 0 saturated carbocycles. The molecule has 2 aromatic rings. The molecule has 0 aliphatic heterocycles. The Morgan fingerprint density at radius 3 is 2.07 bits per heavy atom. The smallest absolute Gasteiger partial charge is 0.253 e. The van der Waals surface area contributed by atoms with Crippen LogP contribution in [-0.2, 0) is 13.0 Å². The number of guanidine groups is 1. The van der Waals surface area contributed by atoms with Crippen molar-refractivity contribution in [3.05, 3.63) is 70.8 Å². The lowest BCUT2D eigenvalue weighted by Crippen LogP contribution is -2.38. The van der Waals surface area contributed by atoms with Gasteiger partial charge in [0.2, 0.25) is 0 Å². The highest BCUT2D eigenvalue weighted by Gasteiger charge is 2.10. The quantitative estimate of drug-likeness (QED) is 0.551. The molecule has 0 bridgehead atoms. The van der Waals surface area contributed by atoms with Gasteiger partial charge in [0.15, 0.2) is 5.96 Å². The van der Waals surface area contributed by atoms with E-state index >= 15 is 0 Å². The molecule has 0 aliphatic carbocycles. The molecule has 0 saturated heterocycles. The number of nitrogens with zero attached hydrogens (tertiary/aromatic N) is 2. The number of rotatable bonds is 7. The molecule has 5 nitrogen and oxygen atoms in total. The van der Waals surface area contributed by atoms with Gasteiger partial charge in [-0.1, -0.05) is 50.2 Å². The van der Waals surface area contributed by atoms with Gasteiger partial charge in [0, 0.05) is 33.3 Å². The first-order valence-corrected chi connectivity index (χ1v) is 10.2. The lowest BCUT2D eigenvalue weighted by molar-refractivity contribution is 0.0827. The van der Waals surface area contributed by atoms with Gasteiger partial charge in [0.1, 0.15) is 0 Å². The van der Waals surface area contributed by atoms with E-state index in [2.05, 4.69) is 60.7 Å². The number of carbonyl (C=O) groups is 1. The molecule has 1 unspecified atom stereocenters. The molecular formula is C24H34N4O. The van der Waals surface area contributed by atoms with Crippen LogP contribution in [0.25, 0.3) is 0 Å². The number of nitrogens with one attached hydrogen (secondary N) is 2. The van der Waals surface area contributed by atoms with Gasteiger partial charge in [0.25, 0.3) is 5.91 Å². The molecule has 156 valence electrons. The van der Waals surface area contributed by atoms with E-state index in [4.69, 9.17) is 0 Å². The molecule has 0 aromatic heterocycles. The third-order valence-electron chi connectivity index (χ3n) is 4.77. The summed E-state index contributed by atoms with van der Waals surface area (Å²) in [5.41, 5.74) is 4.38. The minimum Gasteiger partial charge on any atom is -0.352 e. The van der Waals surface area contributed by atoms with Gasteiger partial charge in [-0.15, -0.1) is 0 Å². The summed E-state index contributed by atoms with van der Waals surface area (Å²) in [6.07, 6.45) is 1.10. The van der Waals surface area contributed by atoms with Gasteiger partial charge >= 0.3 is 0 Å². The Morgan fingerprint density at radius 1 is 0.966 bits per heavy atom. The molecular weight excluding hydrogens is 360 g/mol. The van der Waals surface area contributed by atoms with Crippen LogP contribution in [0.1, 0.15) is 53.9 Å². The lowest BCUT2D eigenvalue weighted by Gasteiger charge is -2.19. The van der Waals surface area contributed by atoms with Crippen molar-refractivity contribution in [2.24, 2.45) is 10.9 Å². The van der Waals surface area contributed by atoms with Crippen LogP contribution in [0.4, 0.5) is 0 Å². The van der Waals surface area contributed by atoms with E-state index in [9.17, 15) is 4.79 Å². The normalized spacial score (nSPS) is 12.6. The third kappa shape index (κ3) is 6.93. The van der Waals surface area contributed by atoms with Crippen LogP contribution in [-0.4, -0.2) is 37.9 Å². The molecule has 1 atom stereocenters. The van der Waals surface area contributed by atoms with Crippen LogP contribution in [0, 0.1) is 5.92 Å². The van der Waals surface area contributed by atoms with Gasteiger partial charge in [0.05, 0.1) is 6.04 Å². The predicted molar refractivity (Wildman–Crippen MR) is 121 cm³/mol. The monoisotopic (exact) mass is 394 g/mol. The first-order chi connectivity index (χ1) is 13.8. The highest BCUT2D eigenvalue weighted by Crippen LogP contribution is 2.15. The van der Waals surface area contributed by atoms with Crippen molar-refractivity contribution in [1.82, 2.24) is 15.5 Å². The molecule has 0 fully saturated rings. The Kier molecular flexibility index (Phi) is 8.25. The Bertz CT molecular complexity index is 808. The standard InChI is InChI=1S/C24H34N4O/c1-17(2)15-19-7-11-21(12-8-19)18(3)27-24(25-4)26-16-20-9-13-22(14-10-20)23(29)28(5)6/h7-14,17-18H,15-16H2,1-6H3,(H2,25,26,27). The Balaban J connectivity index is 1.91. The number of benzene rings is 2. The summed E-state index contributed by atoms with van der Waals surface area (Å²) >= 11 is 0. The van der Waals surface area contributed by atoms with E-state index in [1.54, 1.807) is 26.0 Å². The number of aliphatic imine (C=N–C) groups is 1. The summed E-state index contributed by atoms with van der Waals surface area (Å²) in [7, 11) is 5.28. The fraction of sp³-hybridized carbons (Fsp3) is 0.417. The van der Waals surface area contributed by atoms with Gasteiger partial charge in [-0.25, -0.2) is 0 Å². The fourth-order valence-electron chi connectivity index (χ4n) is 3.11. The van der Waals surface area contributed by atoms with Crippen molar-refractivity contribution in [2.45, 2.75) is 39.8 Å². The van der Waals surface area contributed by atoms with E-state index in [0.717, 1.165) is 17.9 Å². The second kappa shape index (κ2) is 10.6. The highest BCUT2D eigenvalue weighted by atomic mass is 16.2. The van der Waals surface area contributed by atoms with Gasteiger partial charge in [-0.2, -0.15) is 0 Å². The van der Waals surface area contributed by atoms with Crippen molar-refractivity contribution >= 4 is 11.9 Å². The summed E-state index contributed by atoms with van der Waals surface area (Å²) in [5.74, 6) is 1.42. The van der Waals surface area contributed by atoms with Gasteiger partial charge in [-0.3, -0.25) is 9.79 Å². The minimum atomic E-state index is 0.00947. The van der Waals surface area contributed by atoms with Crippen molar-refractivity contribution in [3.8, 4) is 0 Å². The van der Waals surface area contributed by atoms with Crippen molar-refractivity contribution in [3.63, 3.8) is 0 Å². The molecule has 0 heterocycles. The van der Waals surface area contributed by atoms with Crippen molar-refractivity contribution in [2.75, 3.05) is 21.1 Å². The van der Waals surface area contributed by atoms with Crippen molar-refractivity contribution < 1.29 is 4.79 Å². The van der Waals surface area contributed by atoms with Crippen LogP contribution < -0.4 is 10.6 Å². The first kappa shape index (κ1) is 22.5. The summed E-state index contributed by atoms with van der Waals surface area (Å²) in [6.45, 7) is 7.24. The number of hydrogen-bond donors (Lipinski definition) is 2. The molecule has 0 radical (unpaired) electrons. The van der Waals surface area contributed by atoms with Crippen LogP contribution in [0.3, 0.4) is 0 Å².